The lowest BCUT2D eigenvalue weighted by molar-refractivity contribution is 0.804. The molecule has 1 aromatic heterocycles. The maximum atomic E-state index is 8.38. The third-order valence-electron chi connectivity index (χ3n) is 1.32. The molecule has 9 heavy (non-hydrogen) atoms. The Hall–Kier alpha value is -1.12. The topological polar surface area (TPSA) is 39.6 Å². The van der Waals surface area contributed by atoms with E-state index < -0.39 is 0 Å². The first-order chi connectivity index (χ1) is 4.25. The molecule has 0 amide bonds. The third-order valence-corrected chi connectivity index (χ3v) is 1.32. The van der Waals surface area contributed by atoms with Crippen molar-refractivity contribution >= 4 is 0 Å². The van der Waals surface area contributed by atoms with Gasteiger partial charge in [-0.05, 0) is 25.2 Å². The van der Waals surface area contributed by atoms with Gasteiger partial charge >= 0.3 is 0 Å². The van der Waals surface area contributed by atoms with Crippen molar-refractivity contribution in [3.8, 4) is 0 Å². The monoisotopic (exact) mass is 122 g/mol. The molecule has 0 saturated carbocycles. The number of aromatic nitrogens is 1. The summed E-state index contributed by atoms with van der Waals surface area (Å²) in [4.78, 5) is 0. The van der Waals surface area contributed by atoms with Gasteiger partial charge in [0.05, 0.1) is 0 Å². The summed E-state index contributed by atoms with van der Waals surface area (Å²) in [5.74, 6) is 0. The number of hydrogen-bond acceptors (Lipinski definition) is 1. The highest BCUT2D eigenvalue weighted by Crippen LogP contribution is 2.05. The van der Waals surface area contributed by atoms with Crippen molar-refractivity contribution < 1.29 is 0 Å². The smallest absolute Gasteiger partial charge is 0.0420 e. The molecule has 1 aromatic rings. The van der Waals surface area contributed by atoms with Crippen LogP contribution in [-0.4, -0.2) is 4.68 Å². The summed E-state index contributed by atoms with van der Waals surface area (Å²) < 4.78 is 1.47. The average molecular weight is 122 g/mol. The fourth-order valence-electron chi connectivity index (χ4n) is 0.802. The molecule has 3 nitrogen and oxygen atoms in total. The van der Waals surface area contributed by atoms with Gasteiger partial charge in [-0.3, -0.25) is 5.22 Å². The maximum absolute atomic E-state index is 8.38. The Labute approximate surface area is 53.8 Å². The van der Waals surface area contributed by atoms with Crippen molar-refractivity contribution in [2.24, 2.45) is 5.22 Å². The molecule has 0 unspecified atom stereocenters. The number of hydrogen-bond donors (Lipinski definition) is 0. The molecule has 48 valence electrons. The Bertz CT molecular complexity index is 205. The van der Waals surface area contributed by atoms with Crippen molar-refractivity contribution in [3.63, 3.8) is 0 Å². The fraction of sp³-hybridized carbons (Fsp3) is 0.333. The fourth-order valence-corrected chi connectivity index (χ4v) is 0.802. The molecule has 0 radical (unpaired) electrons. The lowest BCUT2D eigenvalue weighted by Gasteiger charge is -2.06. The first kappa shape index (κ1) is 6.01. The van der Waals surface area contributed by atoms with Gasteiger partial charge < -0.3 is 10.2 Å². The highest BCUT2D eigenvalue weighted by molar-refractivity contribution is 5.12. The molecule has 0 atom stereocenters. The summed E-state index contributed by atoms with van der Waals surface area (Å²) in [6.07, 6.45) is 0. The second-order valence-corrected chi connectivity index (χ2v) is 2.02. The molecule has 1 rings (SSSR count). The van der Waals surface area contributed by atoms with Crippen molar-refractivity contribution in [1.29, 1.82) is 0 Å². The van der Waals surface area contributed by atoms with Crippen molar-refractivity contribution in [2.45, 2.75) is 13.8 Å². The van der Waals surface area contributed by atoms with Crippen LogP contribution >= 0.6 is 0 Å². The number of aryl methyl sites for hydroxylation is 2. The van der Waals surface area contributed by atoms with Crippen molar-refractivity contribution in [2.75, 3.05) is 0 Å². The van der Waals surface area contributed by atoms with E-state index in [9.17, 15) is 0 Å². The van der Waals surface area contributed by atoms with E-state index in [2.05, 4.69) is 5.22 Å². The summed E-state index contributed by atoms with van der Waals surface area (Å²) >= 11 is 0. The van der Waals surface area contributed by atoms with Crippen LogP contribution in [0.1, 0.15) is 11.4 Å². The van der Waals surface area contributed by atoms with E-state index in [-0.39, 0.29) is 0 Å². The quantitative estimate of drug-likeness (QED) is 0.510. The average Bonchev–Trinajstić information content (AvgIpc) is 2.12. The third kappa shape index (κ3) is 0.850. The first-order valence-corrected chi connectivity index (χ1v) is 2.76. The predicted molar refractivity (Wildman–Crippen MR) is 35.1 cm³/mol. The van der Waals surface area contributed by atoms with Crippen LogP contribution < -0.4 is 0 Å². The van der Waals surface area contributed by atoms with E-state index in [0.717, 1.165) is 11.4 Å². The van der Waals surface area contributed by atoms with Crippen LogP contribution in [0.4, 0.5) is 0 Å². The highest BCUT2D eigenvalue weighted by Gasteiger charge is 1.87. The van der Waals surface area contributed by atoms with Crippen molar-refractivity contribution in [3.05, 3.63) is 29.1 Å². The Morgan fingerprint density at radius 3 is 2.00 bits per heavy atom. The highest BCUT2D eigenvalue weighted by atomic mass is 15.4. The molecule has 0 aromatic carbocycles. The van der Waals surface area contributed by atoms with Gasteiger partial charge in [0.15, 0.2) is 0 Å². The van der Waals surface area contributed by atoms with Crippen LogP contribution in [0, 0.1) is 13.8 Å². The van der Waals surface area contributed by atoms with Gasteiger partial charge in [0, 0.05) is 0 Å². The zero-order chi connectivity index (χ0) is 6.85. The molecule has 0 aliphatic carbocycles. The SMILES string of the molecule is Cc1ccc(C)n1N=[N-]. The second kappa shape index (κ2) is 2.01. The molecule has 0 bridgehead atoms. The van der Waals surface area contributed by atoms with Gasteiger partial charge in [-0.15, -0.1) is 0 Å². The Morgan fingerprint density at radius 1 is 1.33 bits per heavy atom. The molecule has 3 heteroatoms. The number of nitrogens with zero attached hydrogens (tertiary/aromatic N) is 3. The van der Waals surface area contributed by atoms with Crippen LogP contribution in [0.3, 0.4) is 0 Å². The minimum atomic E-state index is 0.940. The van der Waals surface area contributed by atoms with E-state index in [4.69, 9.17) is 5.53 Å². The van der Waals surface area contributed by atoms with E-state index >= 15 is 0 Å². The standard InChI is InChI=1S/C6H8N3/c1-5-3-4-6(2)9(5)8-7/h3-4H,1-2H3/q-1. The molecule has 0 saturated heterocycles. The van der Waals surface area contributed by atoms with Crippen LogP contribution in [0.15, 0.2) is 17.4 Å². The van der Waals surface area contributed by atoms with Gasteiger partial charge in [0.25, 0.3) is 0 Å². The predicted octanol–water partition coefficient (Wildman–Crippen LogP) is 1.89. The van der Waals surface area contributed by atoms with Gasteiger partial charge in [-0.1, -0.05) is 12.1 Å². The molecule has 0 aliphatic heterocycles. The van der Waals surface area contributed by atoms with Gasteiger partial charge in [0.2, 0.25) is 0 Å². The Balaban J connectivity index is 3.22. The summed E-state index contributed by atoms with van der Waals surface area (Å²) in [7, 11) is 0. The lowest BCUT2D eigenvalue weighted by atomic mass is 10.5. The van der Waals surface area contributed by atoms with Crippen molar-refractivity contribution in [1.82, 2.24) is 4.68 Å². The molecule has 0 spiro atoms. The van der Waals surface area contributed by atoms with Crippen LogP contribution in [-0.2, 0) is 0 Å². The summed E-state index contributed by atoms with van der Waals surface area (Å²) in [5, 5.41) is 3.05. The molecular weight excluding hydrogens is 114 g/mol. The zero-order valence-corrected chi connectivity index (χ0v) is 5.50. The van der Waals surface area contributed by atoms with Gasteiger partial charge in [-0.2, -0.15) is 0 Å². The number of rotatable bonds is 1. The molecule has 0 N–H and O–H groups in total. The Morgan fingerprint density at radius 2 is 1.78 bits per heavy atom. The van der Waals surface area contributed by atoms with E-state index in [0.29, 0.717) is 0 Å². The van der Waals surface area contributed by atoms with E-state index in [1.165, 1.54) is 4.68 Å². The second-order valence-electron chi connectivity index (χ2n) is 2.02. The summed E-state index contributed by atoms with van der Waals surface area (Å²) in [6, 6.07) is 3.80. The lowest BCUT2D eigenvalue weighted by Crippen LogP contribution is -1.89. The van der Waals surface area contributed by atoms with Crippen LogP contribution in [0.25, 0.3) is 5.53 Å². The maximum Gasteiger partial charge on any atom is -0.0420 e. The summed E-state index contributed by atoms with van der Waals surface area (Å²) in [6.45, 7) is 3.76. The van der Waals surface area contributed by atoms with E-state index in [1.807, 2.05) is 26.0 Å². The van der Waals surface area contributed by atoms with Gasteiger partial charge in [-0.25, -0.2) is 0 Å². The largest absolute Gasteiger partial charge is 0.361 e. The molecule has 0 aliphatic rings. The Kier molecular flexibility index (Phi) is 1.34. The van der Waals surface area contributed by atoms with Crippen LogP contribution in [0.2, 0.25) is 0 Å². The molecule has 1 heterocycles. The molecule has 0 fully saturated rings. The molecular formula is C6H8N3-. The minimum absolute atomic E-state index is 0.940. The van der Waals surface area contributed by atoms with E-state index in [1.54, 1.807) is 0 Å². The zero-order valence-electron chi connectivity index (χ0n) is 5.50. The first-order valence-electron chi connectivity index (χ1n) is 2.76. The summed E-state index contributed by atoms with van der Waals surface area (Å²) in [5.41, 5.74) is 10.3. The van der Waals surface area contributed by atoms with Gasteiger partial charge in [0.1, 0.15) is 0 Å². The van der Waals surface area contributed by atoms with Crippen LogP contribution in [0.5, 0.6) is 0 Å². The minimum Gasteiger partial charge on any atom is -0.361 e. The normalized spacial score (nSPS) is 9.56.